The average Bonchev–Trinajstić information content (AvgIpc) is 2.83. The van der Waals surface area contributed by atoms with E-state index >= 15 is 0 Å². The third kappa shape index (κ3) is 4.52. The number of hydrogen-bond acceptors (Lipinski definition) is 6. The van der Waals surface area contributed by atoms with Crippen LogP contribution in [-0.4, -0.2) is 53.1 Å². The van der Waals surface area contributed by atoms with E-state index < -0.39 is 12.0 Å². The number of aliphatic imine (C=N–C) groups is 1. The smallest absolute Gasteiger partial charge is 0.355 e. The first-order valence-electron chi connectivity index (χ1n) is 9.83. The summed E-state index contributed by atoms with van der Waals surface area (Å²) in [5.74, 6) is 0.119. The fourth-order valence-electron chi connectivity index (χ4n) is 3.41. The lowest BCUT2D eigenvalue weighted by molar-refractivity contribution is -0.151. The number of ether oxygens (including phenoxy) is 2. The van der Waals surface area contributed by atoms with E-state index in [2.05, 4.69) is 4.99 Å². The van der Waals surface area contributed by atoms with Crippen LogP contribution in [-0.2, 0) is 20.9 Å². The van der Waals surface area contributed by atoms with Gasteiger partial charge in [-0.2, -0.15) is 0 Å². The molecule has 2 aliphatic rings. The Kier molecular flexibility index (Phi) is 6.81. The molecule has 0 aliphatic carbocycles. The Hall–Kier alpha value is -2.84. The summed E-state index contributed by atoms with van der Waals surface area (Å²) in [6.45, 7) is 0.0634. The molecule has 2 heterocycles. The molecule has 0 N–H and O–H groups in total. The normalized spacial score (nSPS) is 20.2. The number of rotatable bonds is 7. The molecule has 2 aromatic rings. The summed E-state index contributed by atoms with van der Waals surface area (Å²) >= 11 is 7.56. The first kappa shape index (κ1) is 22.4. The van der Waals surface area contributed by atoms with Gasteiger partial charge in [0.1, 0.15) is 29.2 Å². The van der Waals surface area contributed by atoms with Gasteiger partial charge in [0, 0.05) is 17.8 Å². The minimum atomic E-state index is -0.619. The second-order valence-electron chi connectivity index (χ2n) is 7.19. The van der Waals surface area contributed by atoms with E-state index in [-0.39, 0.29) is 35.3 Å². The molecule has 1 amide bonds. The molecule has 0 saturated carbocycles. The molecule has 32 heavy (non-hydrogen) atoms. The number of nitrogens with zero attached hydrogens (tertiary/aromatic N) is 2. The van der Waals surface area contributed by atoms with Crippen molar-refractivity contribution in [2.75, 3.05) is 18.7 Å². The van der Waals surface area contributed by atoms with E-state index in [4.69, 9.17) is 21.1 Å². The maximum Gasteiger partial charge on any atom is 0.355 e. The predicted molar refractivity (Wildman–Crippen MR) is 121 cm³/mol. The molecule has 1 saturated heterocycles. The van der Waals surface area contributed by atoms with Crippen molar-refractivity contribution in [3.8, 4) is 5.75 Å². The molecule has 9 heteroatoms. The molecule has 0 spiro atoms. The second kappa shape index (κ2) is 9.75. The number of β-lactam (4-membered cyclic amide) rings is 1. The van der Waals surface area contributed by atoms with Crippen molar-refractivity contribution in [2.24, 2.45) is 4.99 Å². The van der Waals surface area contributed by atoms with Crippen molar-refractivity contribution in [2.45, 2.75) is 18.0 Å². The molecule has 2 aliphatic heterocycles. The zero-order valence-corrected chi connectivity index (χ0v) is 18.7. The van der Waals surface area contributed by atoms with Crippen LogP contribution >= 0.6 is 23.4 Å². The summed E-state index contributed by atoms with van der Waals surface area (Å²) in [4.78, 5) is 31.5. The monoisotopic (exact) mass is 474 g/mol. The number of halogens is 2. The van der Waals surface area contributed by atoms with Crippen LogP contribution < -0.4 is 4.74 Å². The third-order valence-corrected chi connectivity index (χ3v) is 6.80. The minimum Gasteiger partial charge on any atom is -0.497 e. The van der Waals surface area contributed by atoms with Crippen LogP contribution in [0.5, 0.6) is 5.75 Å². The number of methoxy groups -OCH3 is 1. The average molecular weight is 475 g/mol. The Morgan fingerprint density at radius 1 is 1.25 bits per heavy atom. The summed E-state index contributed by atoms with van der Waals surface area (Å²) in [7, 11) is 1.58. The molecule has 0 aromatic heterocycles. The molecule has 2 aromatic carbocycles. The van der Waals surface area contributed by atoms with Gasteiger partial charge in [0.2, 0.25) is 0 Å². The number of benzene rings is 2. The maximum atomic E-state index is 13.1. The Bertz CT molecular complexity index is 1070. The van der Waals surface area contributed by atoms with Crippen molar-refractivity contribution in [3.63, 3.8) is 0 Å². The van der Waals surface area contributed by atoms with Gasteiger partial charge in [-0.05, 0) is 41.0 Å². The molecule has 4 rings (SSSR count). The van der Waals surface area contributed by atoms with Gasteiger partial charge in [0.15, 0.2) is 6.04 Å². The number of carbonyl (C=O) groups is 2. The van der Waals surface area contributed by atoms with Crippen LogP contribution in [0.3, 0.4) is 0 Å². The third-order valence-electron chi connectivity index (χ3n) is 5.16. The number of fused-ring (bicyclic) bond motifs is 1. The SMILES string of the molecule is COc1ccc(COC(=O)C2=C(CCl)CS[C@@H]3C(N=Cc4ccc(F)cc4)C(=O)N23)cc1. The van der Waals surface area contributed by atoms with Crippen LogP contribution in [0.2, 0.25) is 0 Å². The molecule has 0 radical (unpaired) electrons. The van der Waals surface area contributed by atoms with Crippen LogP contribution in [0.1, 0.15) is 11.1 Å². The highest BCUT2D eigenvalue weighted by molar-refractivity contribution is 8.00. The lowest BCUT2D eigenvalue weighted by Gasteiger charge is -2.48. The lowest BCUT2D eigenvalue weighted by atomic mass is 10.0. The zero-order chi connectivity index (χ0) is 22.7. The summed E-state index contributed by atoms with van der Waals surface area (Å²) < 4.78 is 23.7. The Morgan fingerprint density at radius 2 is 1.97 bits per heavy atom. The van der Waals surface area contributed by atoms with Crippen molar-refractivity contribution in [1.29, 1.82) is 0 Å². The van der Waals surface area contributed by atoms with E-state index in [9.17, 15) is 14.0 Å². The van der Waals surface area contributed by atoms with Crippen molar-refractivity contribution < 1.29 is 23.5 Å². The molecular weight excluding hydrogens is 455 g/mol. The van der Waals surface area contributed by atoms with Crippen LogP contribution in [0.15, 0.2) is 64.8 Å². The molecule has 1 fully saturated rings. The van der Waals surface area contributed by atoms with Gasteiger partial charge in [0.05, 0.1) is 7.11 Å². The quantitative estimate of drug-likeness (QED) is 0.264. The van der Waals surface area contributed by atoms with Gasteiger partial charge < -0.3 is 9.47 Å². The minimum absolute atomic E-state index is 0.0634. The van der Waals surface area contributed by atoms with Crippen LogP contribution in [0, 0.1) is 5.82 Å². The van der Waals surface area contributed by atoms with Gasteiger partial charge in [-0.25, -0.2) is 9.18 Å². The number of carbonyl (C=O) groups excluding carboxylic acids is 2. The van der Waals surface area contributed by atoms with Gasteiger partial charge in [-0.1, -0.05) is 24.3 Å². The number of hydrogen-bond donors (Lipinski definition) is 0. The van der Waals surface area contributed by atoms with Gasteiger partial charge in [0.25, 0.3) is 5.91 Å². The van der Waals surface area contributed by atoms with Crippen LogP contribution in [0.25, 0.3) is 0 Å². The van der Waals surface area contributed by atoms with Crippen molar-refractivity contribution >= 4 is 41.5 Å². The van der Waals surface area contributed by atoms with Gasteiger partial charge in [-0.3, -0.25) is 14.7 Å². The number of esters is 1. The van der Waals surface area contributed by atoms with E-state index in [1.54, 1.807) is 49.7 Å². The molecule has 1 unspecified atom stereocenters. The molecular formula is C23H20ClFN2O4S. The lowest BCUT2D eigenvalue weighted by Crippen LogP contribution is -2.64. The largest absolute Gasteiger partial charge is 0.497 e. The number of alkyl halides is 1. The summed E-state index contributed by atoms with van der Waals surface area (Å²) in [6.07, 6.45) is 1.54. The number of thioether (sulfide) groups is 1. The Balaban J connectivity index is 1.45. The first-order chi connectivity index (χ1) is 15.5. The molecule has 166 valence electrons. The molecule has 6 nitrogen and oxygen atoms in total. The molecule has 0 bridgehead atoms. The predicted octanol–water partition coefficient (Wildman–Crippen LogP) is 3.77. The van der Waals surface area contributed by atoms with Gasteiger partial charge in [-0.15, -0.1) is 23.4 Å². The van der Waals surface area contributed by atoms with E-state index in [0.29, 0.717) is 22.6 Å². The van der Waals surface area contributed by atoms with Crippen molar-refractivity contribution in [1.82, 2.24) is 4.90 Å². The van der Waals surface area contributed by atoms with E-state index in [1.807, 2.05) is 0 Å². The van der Waals surface area contributed by atoms with E-state index in [0.717, 1.165) is 5.56 Å². The second-order valence-corrected chi connectivity index (χ2v) is 8.57. The zero-order valence-electron chi connectivity index (χ0n) is 17.2. The molecule has 2 atom stereocenters. The van der Waals surface area contributed by atoms with E-state index in [1.165, 1.54) is 28.8 Å². The standard InChI is InChI=1S/C23H20ClFN2O4S/c1-30-18-8-4-15(5-9-18)12-31-23(29)20-16(10-24)13-32-22-19(21(28)27(20)22)26-11-14-2-6-17(25)7-3-14/h2-9,11,19,22H,10,12-13H2,1H3/t19?,22-/m1/s1. The topological polar surface area (TPSA) is 68.2 Å². The fraction of sp³-hybridized carbons (Fsp3) is 0.261. The Morgan fingerprint density at radius 3 is 2.62 bits per heavy atom. The van der Waals surface area contributed by atoms with Gasteiger partial charge >= 0.3 is 5.97 Å². The summed E-state index contributed by atoms with van der Waals surface area (Å²) in [6, 6.07) is 12.4. The highest BCUT2D eigenvalue weighted by Crippen LogP contribution is 2.42. The van der Waals surface area contributed by atoms with Crippen molar-refractivity contribution in [3.05, 3.63) is 76.7 Å². The summed E-state index contributed by atoms with van der Waals surface area (Å²) in [5, 5.41) is -0.310. The highest BCUT2D eigenvalue weighted by Gasteiger charge is 2.53. The first-order valence-corrected chi connectivity index (χ1v) is 11.4. The highest BCUT2D eigenvalue weighted by atomic mass is 35.5. The maximum absolute atomic E-state index is 13.1. The summed E-state index contributed by atoms with van der Waals surface area (Å²) in [5.41, 5.74) is 2.35. The fourth-order valence-corrected chi connectivity index (χ4v) is 5.08. The number of amides is 1. The Labute approximate surface area is 194 Å². The van der Waals surface area contributed by atoms with Crippen LogP contribution in [0.4, 0.5) is 4.39 Å².